The topological polar surface area (TPSA) is 27.1 Å². The highest BCUT2D eigenvalue weighted by molar-refractivity contribution is 9.10. The number of fused-ring (bicyclic) bond motifs is 3. The van der Waals surface area contributed by atoms with Crippen molar-refractivity contribution >= 4 is 15.9 Å². The second-order valence-electron chi connectivity index (χ2n) is 3.43. The van der Waals surface area contributed by atoms with Crippen LogP contribution in [-0.4, -0.2) is 16.2 Å². The molecule has 1 aromatic heterocycles. The summed E-state index contributed by atoms with van der Waals surface area (Å²) in [6, 6.07) is 6.00. The Labute approximate surface area is 95.8 Å². The molecule has 3 nitrogen and oxygen atoms in total. The number of nitrogens with zero attached hydrogens (tertiary/aromatic N) is 2. The fourth-order valence-corrected chi connectivity index (χ4v) is 2.15. The average Bonchev–Trinajstić information content (AvgIpc) is 2.62. The molecule has 0 saturated heterocycles. The van der Waals surface area contributed by atoms with E-state index < -0.39 is 0 Å². The highest BCUT2D eigenvalue weighted by atomic mass is 79.9. The van der Waals surface area contributed by atoms with Gasteiger partial charge in [0, 0.05) is 16.9 Å². The molecule has 0 spiro atoms. The molecule has 76 valence electrons. The van der Waals surface area contributed by atoms with Crippen LogP contribution in [0.1, 0.15) is 0 Å². The van der Waals surface area contributed by atoms with Gasteiger partial charge in [0.25, 0.3) is 0 Å². The zero-order chi connectivity index (χ0) is 10.3. The quantitative estimate of drug-likeness (QED) is 0.732. The number of rotatable bonds is 0. The Morgan fingerprint density at radius 3 is 3.27 bits per heavy atom. The number of hydrogen-bond donors (Lipinski definition) is 0. The van der Waals surface area contributed by atoms with E-state index in [9.17, 15) is 0 Å². The third kappa shape index (κ3) is 1.45. The molecule has 0 unspecified atom stereocenters. The maximum Gasteiger partial charge on any atom is 0.143 e. The molecule has 2 aromatic rings. The summed E-state index contributed by atoms with van der Waals surface area (Å²) < 4.78 is 8.81. The Kier molecular flexibility index (Phi) is 2.02. The van der Waals surface area contributed by atoms with E-state index >= 15 is 0 Å². The van der Waals surface area contributed by atoms with Crippen molar-refractivity contribution < 1.29 is 4.74 Å². The fraction of sp³-hybridized carbons (Fsp3) is 0.182. The second-order valence-corrected chi connectivity index (χ2v) is 4.35. The first-order valence-corrected chi connectivity index (χ1v) is 5.58. The number of ether oxygens (including phenoxy) is 1. The summed E-state index contributed by atoms with van der Waals surface area (Å²) in [5.41, 5.74) is 1.05. The van der Waals surface area contributed by atoms with E-state index in [0.717, 1.165) is 28.2 Å². The van der Waals surface area contributed by atoms with Crippen LogP contribution in [0.2, 0.25) is 0 Å². The van der Waals surface area contributed by atoms with Crippen molar-refractivity contribution in [3.8, 4) is 17.1 Å². The van der Waals surface area contributed by atoms with Crippen molar-refractivity contribution in [3.63, 3.8) is 0 Å². The third-order valence-corrected chi connectivity index (χ3v) is 2.98. The van der Waals surface area contributed by atoms with E-state index in [2.05, 4.69) is 25.5 Å². The number of imidazole rings is 1. The predicted octanol–water partition coefficient (Wildman–Crippen LogP) is 2.71. The van der Waals surface area contributed by atoms with Crippen LogP contribution in [0.3, 0.4) is 0 Å². The molecule has 4 heteroatoms. The van der Waals surface area contributed by atoms with Crippen LogP contribution in [0, 0.1) is 0 Å². The molecule has 0 saturated carbocycles. The zero-order valence-corrected chi connectivity index (χ0v) is 9.57. The predicted molar refractivity (Wildman–Crippen MR) is 60.9 cm³/mol. The maximum atomic E-state index is 5.66. The lowest BCUT2D eigenvalue weighted by molar-refractivity contribution is 0.306. The molecular formula is C11H9BrN2O. The molecular weight excluding hydrogens is 256 g/mol. The smallest absolute Gasteiger partial charge is 0.143 e. The van der Waals surface area contributed by atoms with Crippen LogP contribution in [-0.2, 0) is 6.54 Å². The summed E-state index contributed by atoms with van der Waals surface area (Å²) in [5, 5.41) is 0. The highest BCUT2D eigenvalue weighted by Crippen LogP contribution is 2.33. The highest BCUT2D eigenvalue weighted by Gasteiger charge is 2.15. The van der Waals surface area contributed by atoms with Gasteiger partial charge in [-0.1, -0.05) is 15.9 Å². The van der Waals surface area contributed by atoms with Gasteiger partial charge < -0.3 is 9.30 Å². The molecule has 0 bridgehead atoms. The monoisotopic (exact) mass is 264 g/mol. The lowest BCUT2D eigenvalue weighted by Gasteiger charge is -2.05. The molecule has 1 aliphatic rings. The molecule has 3 rings (SSSR count). The van der Waals surface area contributed by atoms with Gasteiger partial charge in [-0.3, -0.25) is 0 Å². The molecule has 0 fully saturated rings. The third-order valence-electron chi connectivity index (χ3n) is 2.49. The maximum absolute atomic E-state index is 5.66. The van der Waals surface area contributed by atoms with Crippen LogP contribution < -0.4 is 4.74 Å². The molecule has 0 atom stereocenters. The van der Waals surface area contributed by atoms with E-state index in [0.29, 0.717) is 6.61 Å². The Balaban J connectivity index is 2.27. The lowest BCUT2D eigenvalue weighted by Crippen LogP contribution is -2.04. The number of aromatic nitrogens is 2. The normalized spacial score (nSPS) is 13.7. The van der Waals surface area contributed by atoms with E-state index in [1.54, 1.807) is 0 Å². The summed E-state index contributed by atoms with van der Waals surface area (Å²) in [5.74, 6) is 1.88. The zero-order valence-electron chi connectivity index (χ0n) is 7.98. The summed E-state index contributed by atoms with van der Waals surface area (Å²) in [4.78, 5) is 4.36. The molecule has 15 heavy (non-hydrogen) atoms. The Morgan fingerprint density at radius 2 is 2.33 bits per heavy atom. The summed E-state index contributed by atoms with van der Waals surface area (Å²) in [7, 11) is 0. The average molecular weight is 265 g/mol. The van der Waals surface area contributed by atoms with E-state index in [1.807, 2.05) is 30.6 Å². The van der Waals surface area contributed by atoms with E-state index in [-0.39, 0.29) is 0 Å². The van der Waals surface area contributed by atoms with Gasteiger partial charge in [-0.05, 0) is 18.2 Å². The summed E-state index contributed by atoms with van der Waals surface area (Å²) in [6.45, 7) is 1.54. The Morgan fingerprint density at radius 1 is 1.40 bits per heavy atom. The van der Waals surface area contributed by atoms with Gasteiger partial charge in [-0.15, -0.1) is 0 Å². The van der Waals surface area contributed by atoms with Crippen molar-refractivity contribution in [3.05, 3.63) is 35.1 Å². The number of hydrogen-bond acceptors (Lipinski definition) is 2. The van der Waals surface area contributed by atoms with Crippen molar-refractivity contribution in [2.24, 2.45) is 0 Å². The lowest BCUT2D eigenvalue weighted by atomic mass is 10.2. The van der Waals surface area contributed by atoms with Gasteiger partial charge in [-0.2, -0.15) is 0 Å². The fourth-order valence-electron chi connectivity index (χ4n) is 1.79. The minimum absolute atomic E-state index is 0.692. The standard InChI is InChI=1S/C11H9BrN2O/c12-8-1-2-10-9(7-8)11-13-3-4-14(11)5-6-15-10/h1-4,7H,5-6H2. The molecule has 1 aliphatic heterocycles. The van der Waals surface area contributed by atoms with Gasteiger partial charge >= 0.3 is 0 Å². The van der Waals surface area contributed by atoms with Crippen LogP contribution >= 0.6 is 15.9 Å². The van der Waals surface area contributed by atoms with Crippen LogP contribution in [0.5, 0.6) is 5.75 Å². The minimum atomic E-state index is 0.692. The van der Waals surface area contributed by atoms with Gasteiger partial charge in [0.15, 0.2) is 0 Å². The summed E-state index contributed by atoms with van der Waals surface area (Å²) >= 11 is 3.46. The molecule has 0 radical (unpaired) electrons. The van der Waals surface area contributed by atoms with Gasteiger partial charge in [-0.25, -0.2) is 4.98 Å². The largest absolute Gasteiger partial charge is 0.491 e. The first-order chi connectivity index (χ1) is 7.34. The van der Waals surface area contributed by atoms with Crippen molar-refractivity contribution in [1.29, 1.82) is 0 Å². The van der Waals surface area contributed by atoms with Crippen molar-refractivity contribution in [1.82, 2.24) is 9.55 Å². The van der Waals surface area contributed by atoms with Gasteiger partial charge in [0.05, 0.1) is 12.1 Å². The molecule has 1 aromatic carbocycles. The molecule has 0 aliphatic carbocycles. The van der Waals surface area contributed by atoms with Crippen molar-refractivity contribution in [2.45, 2.75) is 6.54 Å². The number of halogens is 1. The first kappa shape index (κ1) is 8.97. The van der Waals surface area contributed by atoms with Crippen LogP contribution in [0.25, 0.3) is 11.4 Å². The minimum Gasteiger partial charge on any atom is -0.491 e. The van der Waals surface area contributed by atoms with Crippen LogP contribution in [0.4, 0.5) is 0 Å². The molecule has 0 N–H and O–H groups in total. The Bertz CT molecular complexity index is 507. The molecule has 2 heterocycles. The first-order valence-electron chi connectivity index (χ1n) is 4.78. The van der Waals surface area contributed by atoms with Gasteiger partial charge in [0.2, 0.25) is 0 Å². The second kappa shape index (κ2) is 3.38. The number of benzene rings is 1. The van der Waals surface area contributed by atoms with Crippen molar-refractivity contribution in [2.75, 3.05) is 6.61 Å². The van der Waals surface area contributed by atoms with E-state index in [1.165, 1.54) is 0 Å². The SMILES string of the molecule is Brc1ccc2c(c1)-c1nccn1CCO2. The Hall–Kier alpha value is -1.29. The molecule has 0 amide bonds. The van der Waals surface area contributed by atoms with E-state index in [4.69, 9.17) is 4.74 Å². The van der Waals surface area contributed by atoms with Crippen LogP contribution in [0.15, 0.2) is 35.1 Å². The summed E-state index contributed by atoms with van der Waals surface area (Å²) in [6.07, 6.45) is 3.81. The van der Waals surface area contributed by atoms with Gasteiger partial charge in [0.1, 0.15) is 18.2 Å².